The Morgan fingerprint density at radius 2 is 1.88 bits per heavy atom. The molecule has 0 fully saturated rings. The SMILES string of the molecule is C=C(C)CCc1c(O)cc(O)c2c1OC(c1ccc(OC)cc1)=C(OCC(C)N(C)C)C2. The van der Waals surface area contributed by atoms with Crippen LogP contribution in [0.15, 0.2) is 48.2 Å². The van der Waals surface area contributed by atoms with Gasteiger partial charge in [-0.15, -0.1) is 6.58 Å². The van der Waals surface area contributed by atoms with Gasteiger partial charge < -0.3 is 29.3 Å². The number of nitrogens with zero attached hydrogens (tertiary/aromatic N) is 1. The van der Waals surface area contributed by atoms with E-state index in [9.17, 15) is 10.2 Å². The molecule has 2 aromatic rings. The maximum absolute atomic E-state index is 10.6. The van der Waals surface area contributed by atoms with Gasteiger partial charge in [0.2, 0.25) is 0 Å². The maximum Gasteiger partial charge on any atom is 0.172 e. The number of hydrogen-bond acceptors (Lipinski definition) is 6. The fraction of sp³-hybridized carbons (Fsp3) is 0.385. The summed E-state index contributed by atoms with van der Waals surface area (Å²) in [6, 6.07) is 9.13. The zero-order valence-corrected chi connectivity index (χ0v) is 19.6. The Kier molecular flexibility index (Phi) is 7.36. The molecule has 1 atom stereocenters. The third-order valence-corrected chi connectivity index (χ3v) is 5.77. The van der Waals surface area contributed by atoms with Crippen molar-refractivity contribution in [2.45, 2.75) is 39.2 Å². The molecule has 1 aliphatic heterocycles. The number of likely N-dealkylation sites (N-methyl/N-ethyl adjacent to an activating group) is 1. The second-order valence-electron chi connectivity index (χ2n) is 8.54. The monoisotopic (exact) mass is 439 g/mol. The minimum atomic E-state index is -0.00730. The van der Waals surface area contributed by atoms with Crippen LogP contribution in [0, 0.1) is 0 Å². The summed E-state index contributed by atoms with van der Waals surface area (Å²) in [4.78, 5) is 2.08. The first-order valence-corrected chi connectivity index (χ1v) is 10.8. The van der Waals surface area contributed by atoms with Crippen LogP contribution < -0.4 is 9.47 Å². The number of ether oxygens (including phenoxy) is 3. The van der Waals surface area contributed by atoms with Crippen LogP contribution in [0.2, 0.25) is 0 Å². The lowest BCUT2D eigenvalue weighted by atomic mass is 9.95. The second kappa shape index (κ2) is 10.0. The van der Waals surface area contributed by atoms with E-state index in [0.717, 1.165) is 16.9 Å². The highest BCUT2D eigenvalue weighted by Crippen LogP contribution is 2.46. The molecule has 0 spiro atoms. The molecule has 1 unspecified atom stereocenters. The summed E-state index contributed by atoms with van der Waals surface area (Å²) in [6.07, 6.45) is 1.63. The molecule has 0 saturated heterocycles. The summed E-state index contributed by atoms with van der Waals surface area (Å²) in [5, 5.41) is 21.1. The zero-order chi connectivity index (χ0) is 23.4. The summed E-state index contributed by atoms with van der Waals surface area (Å²) >= 11 is 0. The van der Waals surface area contributed by atoms with Gasteiger partial charge in [0.15, 0.2) is 5.76 Å². The summed E-state index contributed by atoms with van der Waals surface area (Å²) in [5.41, 5.74) is 3.11. The number of hydrogen-bond donors (Lipinski definition) is 2. The van der Waals surface area contributed by atoms with Gasteiger partial charge >= 0.3 is 0 Å². The molecule has 0 bridgehead atoms. The Balaban J connectivity index is 2.05. The molecule has 2 aromatic carbocycles. The lowest BCUT2D eigenvalue weighted by molar-refractivity contribution is 0.131. The summed E-state index contributed by atoms with van der Waals surface area (Å²) < 4.78 is 17.9. The molecule has 0 radical (unpaired) electrons. The average molecular weight is 440 g/mol. The van der Waals surface area contributed by atoms with E-state index < -0.39 is 0 Å². The molecule has 3 rings (SSSR count). The Hall–Kier alpha value is -3.12. The first-order valence-electron chi connectivity index (χ1n) is 10.8. The fourth-order valence-electron chi connectivity index (χ4n) is 3.44. The van der Waals surface area contributed by atoms with Crippen LogP contribution in [0.1, 0.15) is 37.0 Å². The van der Waals surface area contributed by atoms with Gasteiger partial charge in [-0.3, -0.25) is 0 Å². The van der Waals surface area contributed by atoms with E-state index >= 15 is 0 Å². The average Bonchev–Trinajstić information content (AvgIpc) is 2.76. The van der Waals surface area contributed by atoms with Crippen molar-refractivity contribution in [1.82, 2.24) is 4.90 Å². The van der Waals surface area contributed by atoms with Crippen molar-refractivity contribution in [3.63, 3.8) is 0 Å². The van der Waals surface area contributed by atoms with Crippen molar-refractivity contribution in [3.8, 4) is 23.0 Å². The van der Waals surface area contributed by atoms with Crippen molar-refractivity contribution >= 4 is 5.76 Å². The number of methoxy groups -OCH3 is 1. The summed E-state index contributed by atoms with van der Waals surface area (Å²) in [7, 11) is 5.63. The minimum Gasteiger partial charge on any atom is -0.507 e. The smallest absolute Gasteiger partial charge is 0.172 e. The van der Waals surface area contributed by atoms with Crippen molar-refractivity contribution in [3.05, 3.63) is 64.9 Å². The lowest BCUT2D eigenvalue weighted by Gasteiger charge is -2.28. The molecule has 0 amide bonds. The number of aromatic hydroxyl groups is 2. The Bertz CT molecular complexity index is 1010. The van der Waals surface area contributed by atoms with Crippen LogP contribution in [0.3, 0.4) is 0 Å². The van der Waals surface area contributed by atoms with Crippen molar-refractivity contribution in [2.75, 3.05) is 27.8 Å². The molecular formula is C26H33NO5. The van der Waals surface area contributed by atoms with E-state index in [0.29, 0.717) is 54.3 Å². The van der Waals surface area contributed by atoms with Crippen molar-refractivity contribution < 1.29 is 24.4 Å². The molecular weight excluding hydrogens is 406 g/mol. The largest absolute Gasteiger partial charge is 0.507 e. The van der Waals surface area contributed by atoms with E-state index in [2.05, 4.69) is 18.4 Å². The van der Waals surface area contributed by atoms with Crippen LogP contribution in [0.4, 0.5) is 0 Å². The predicted molar refractivity (Wildman–Crippen MR) is 126 cm³/mol. The van der Waals surface area contributed by atoms with Gasteiger partial charge in [0.1, 0.15) is 35.4 Å². The van der Waals surface area contributed by atoms with Crippen LogP contribution in [-0.2, 0) is 17.6 Å². The molecule has 6 nitrogen and oxygen atoms in total. The van der Waals surface area contributed by atoms with E-state index in [1.54, 1.807) is 7.11 Å². The number of fused-ring (bicyclic) bond motifs is 1. The van der Waals surface area contributed by atoms with Gasteiger partial charge in [0.25, 0.3) is 0 Å². The topological polar surface area (TPSA) is 71.4 Å². The standard InChI is InChI=1S/C26H33NO5/c1-16(2)7-12-20-22(28)14-23(29)21-13-24(31-15-17(3)27(4)5)25(32-26(20)21)18-8-10-19(30-6)11-9-18/h8-11,14,17,28-29H,1,7,12-13,15H2,2-6H3. The van der Waals surface area contributed by atoms with Crippen LogP contribution in [-0.4, -0.2) is 49.0 Å². The van der Waals surface area contributed by atoms with Gasteiger partial charge in [0, 0.05) is 35.2 Å². The third kappa shape index (κ3) is 5.19. The quantitative estimate of drug-likeness (QED) is 0.543. The molecule has 32 heavy (non-hydrogen) atoms. The predicted octanol–water partition coefficient (Wildman–Crippen LogP) is 4.89. The van der Waals surface area contributed by atoms with Crippen LogP contribution >= 0.6 is 0 Å². The van der Waals surface area contributed by atoms with E-state index in [4.69, 9.17) is 14.2 Å². The highest BCUT2D eigenvalue weighted by molar-refractivity contribution is 5.71. The minimum absolute atomic E-state index is 0.00730. The highest BCUT2D eigenvalue weighted by atomic mass is 16.5. The first kappa shape index (κ1) is 23.5. The summed E-state index contributed by atoms with van der Waals surface area (Å²) in [5.74, 6) is 2.46. The molecule has 0 aliphatic carbocycles. The van der Waals surface area contributed by atoms with Crippen LogP contribution in [0.25, 0.3) is 5.76 Å². The van der Waals surface area contributed by atoms with E-state index in [1.807, 2.05) is 45.3 Å². The van der Waals surface area contributed by atoms with E-state index in [1.165, 1.54) is 6.07 Å². The number of allylic oxidation sites excluding steroid dienone is 2. The highest BCUT2D eigenvalue weighted by Gasteiger charge is 2.29. The van der Waals surface area contributed by atoms with Gasteiger partial charge in [-0.2, -0.15) is 0 Å². The second-order valence-corrected chi connectivity index (χ2v) is 8.54. The Labute approximate surface area is 190 Å². The zero-order valence-electron chi connectivity index (χ0n) is 19.6. The number of phenolic OH excluding ortho intramolecular Hbond substituents is 2. The molecule has 0 aromatic heterocycles. The Morgan fingerprint density at radius 1 is 1.19 bits per heavy atom. The van der Waals surface area contributed by atoms with Gasteiger partial charge in [-0.25, -0.2) is 0 Å². The number of benzene rings is 2. The molecule has 1 heterocycles. The Morgan fingerprint density at radius 3 is 2.47 bits per heavy atom. The summed E-state index contributed by atoms with van der Waals surface area (Å²) in [6.45, 7) is 8.46. The van der Waals surface area contributed by atoms with Gasteiger partial charge in [-0.05, 0) is 65.0 Å². The van der Waals surface area contributed by atoms with Crippen LogP contribution in [0.5, 0.6) is 23.0 Å². The van der Waals surface area contributed by atoms with Gasteiger partial charge in [0.05, 0.1) is 7.11 Å². The van der Waals surface area contributed by atoms with Crippen molar-refractivity contribution in [2.24, 2.45) is 0 Å². The number of rotatable bonds is 9. The normalized spacial score (nSPS) is 14.1. The van der Waals surface area contributed by atoms with Crippen molar-refractivity contribution in [1.29, 1.82) is 0 Å². The number of phenols is 2. The lowest BCUT2D eigenvalue weighted by Crippen LogP contribution is -2.30. The molecule has 2 N–H and O–H groups in total. The maximum atomic E-state index is 10.6. The van der Waals surface area contributed by atoms with Gasteiger partial charge in [-0.1, -0.05) is 5.57 Å². The van der Waals surface area contributed by atoms with E-state index in [-0.39, 0.29) is 17.5 Å². The fourth-order valence-corrected chi connectivity index (χ4v) is 3.44. The molecule has 0 saturated carbocycles. The third-order valence-electron chi connectivity index (χ3n) is 5.77. The molecule has 1 aliphatic rings. The molecule has 6 heteroatoms. The molecule has 172 valence electrons. The first-order chi connectivity index (χ1) is 15.2.